The van der Waals surface area contributed by atoms with Crippen LogP contribution in [0.2, 0.25) is 0 Å². The first-order valence-electron chi connectivity index (χ1n) is 7.77. The van der Waals surface area contributed by atoms with Crippen LogP contribution in [-0.2, 0) is 0 Å². The molecule has 2 N–H and O–H groups in total. The van der Waals surface area contributed by atoms with Crippen LogP contribution in [0.5, 0.6) is 5.75 Å². The van der Waals surface area contributed by atoms with Crippen LogP contribution in [0.1, 0.15) is 48.9 Å². The largest absolute Gasteiger partial charge is 0.490 e. The Morgan fingerprint density at radius 3 is 2.55 bits per heavy atom. The van der Waals surface area contributed by atoms with Crippen LogP contribution in [0.25, 0.3) is 0 Å². The number of hydrogen-bond donors (Lipinski definition) is 1. The summed E-state index contributed by atoms with van der Waals surface area (Å²) in [7, 11) is 0. The number of benzene rings is 1. The number of rotatable bonds is 5. The van der Waals surface area contributed by atoms with E-state index in [0.717, 1.165) is 56.4 Å². The average Bonchev–Trinajstić information content (AvgIpc) is 3.31. The first-order valence-corrected chi connectivity index (χ1v) is 7.77. The molecule has 2 aliphatic rings. The van der Waals surface area contributed by atoms with Crippen molar-refractivity contribution in [1.82, 2.24) is 0 Å². The third-order valence-corrected chi connectivity index (χ3v) is 4.50. The maximum Gasteiger partial charge on any atom is 0.166 e. The second kappa shape index (κ2) is 5.96. The van der Waals surface area contributed by atoms with Gasteiger partial charge in [0.1, 0.15) is 5.75 Å². The smallest absolute Gasteiger partial charge is 0.166 e. The number of nitrogens with two attached hydrogens (primary N) is 1. The molecule has 0 bridgehead atoms. The second-order valence-electron chi connectivity index (χ2n) is 6.16. The van der Waals surface area contributed by atoms with Gasteiger partial charge in [0.2, 0.25) is 0 Å². The summed E-state index contributed by atoms with van der Waals surface area (Å²) in [5.74, 6) is 1.91. The van der Waals surface area contributed by atoms with Crippen molar-refractivity contribution < 1.29 is 9.53 Å². The summed E-state index contributed by atoms with van der Waals surface area (Å²) in [6, 6.07) is 7.70. The van der Waals surface area contributed by atoms with Crippen LogP contribution in [-0.4, -0.2) is 18.4 Å². The number of carbonyl (C=O) groups excluding carboxylic acids is 1. The Bertz CT molecular complexity index is 474. The van der Waals surface area contributed by atoms with Gasteiger partial charge in [-0.1, -0.05) is 12.1 Å². The molecule has 3 nitrogen and oxygen atoms in total. The summed E-state index contributed by atoms with van der Waals surface area (Å²) in [5, 5.41) is 0. The molecule has 1 aromatic rings. The summed E-state index contributed by atoms with van der Waals surface area (Å²) in [6.07, 6.45) is 6.79. The quantitative estimate of drug-likeness (QED) is 0.838. The molecule has 0 radical (unpaired) electrons. The second-order valence-corrected chi connectivity index (χ2v) is 6.16. The highest BCUT2D eigenvalue weighted by molar-refractivity contribution is 5.98. The van der Waals surface area contributed by atoms with Gasteiger partial charge in [0, 0.05) is 11.5 Å². The molecule has 3 heteroatoms. The van der Waals surface area contributed by atoms with Crippen molar-refractivity contribution in [1.29, 1.82) is 0 Å². The van der Waals surface area contributed by atoms with E-state index < -0.39 is 0 Å². The fraction of sp³-hybridized carbons (Fsp3) is 0.588. The lowest BCUT2D eigenvalue weighted by atomic mass is 9.78. The van der Waals surface area contributed by atoms with E-state index in [-0.39, 0.29) is 11.7 Å². The van der Waals surface area contributed by atoms with Gasteiger partial charge in [0.15, 0.2) is 5.78 Å². The maximum atomic E-state index is 12.6. The van der Waals surface area contributed by atoms with Crippen molar-refractivity contribution in [3.63, 3.8) is 0 Å². The first kappa shape index (κ1) is 13.6. The van der Waals surface area contributed by atoms with Gasteiger partial charge in [-0.2, -0.15) is 0 Å². The van der Waals surface area contributed by atoms with E-state index in [2.05, 4.69) is 0 Å². The number of Topliss-reactive ketones (excluding diaryl/α,β-unsaturated/α-hetero) is 1. The lowest BCUT2D eigenvalue weighted by Gasteiger charge is -2.26. The van der Waals surface area contributed by atoms with E-state index in [0.29, 0.717) is 12.0 Å². The van der Waals surface area contributed by atoms with Gasteiger partial charge in [-0.3, -0.25) is 4.79 Å². The highest BCUT2D eigenvalue weighted by Crippen LogP contribution is 2.32. The molecule has 0 aromatic heterocycles. The molecule has 0 spiro atoms. The van der Waals surface area contributed by atoms with Gasteiger partial charge in [-0.25, -0.2) is 0 Å². The molecule has 0 heterocycles. The number of ketones is 1. The standard InChI is InChI=1S/C17H23NO2/c18-11-12-4-6-13(7-5-12)17(19)14-2-1-3-16(10-14)20-15-8-9-15/h1-3,10,12-13,15H,4-9,11,18H2. The molecule has 0 amide bonds. The molecule has 2 fully saturated rings. The molecule has 2 saturated carbocycles. The minimum Gasteiger partial charge on any atom is -0.490 e. The zero-order valence-electron chi connectivity index (χ0n) is 11.9. The van der Waals surface area contributed by atoms with Crippen molar-refractivity contribution in [3.8, 4) is 5.75 Å². The molecule has 108 valence electrons. The molecule has 0 aliphatic heterocycles. The van der Waals surface area contributed by atoms with Gasteiger partial charge < -0.3 is 10.5 Å². The maximum absolute atomic E-state index is 12.6. The van der Waals surface area contributed by atoms with Crippen LogP contribution in [0.4, 0.5) is 0 Å². The van der Waals surface area contributed by atoms with Crippen molar-refractivity contribution in [2.75, 3.05) is 6.54 Å². The van der Waals surface area contributed by atoms with Gasteiger partial charge in [-0.15, -0.1) is 0 Å². The molecule has 1 aromatic carbocycles. The number of carbonyl (C=O) groups is 1. The Hall–Kier alpha value is -1.35. The SMILES string of the molecule is NCC1CCC(C(=O)c2cccc(OC3CC3)c2)CC1. The summed E-state index contributed by atoms with van der Waals surface area (Å²) < 4.78 is 5.77. The normalized spacial score (nSPS) is 26.2. The van der Waals surface area contributed by atoms with Gasteiger partial charge in [0.05, 0.1) is 6.10 Å². The zero-order chi connectivity index (χ0) is 13.9. The van der Waals surface area contributed by atoms with Gasteiger partial charge >= 0.3 is 0 Å². The van der Waals surface area contributed by atoms with Crippen molar-refractivity contribution in [2.24, 2.45) is 17.6 Å². The molecule has 20 heavy (non-hydrogen) atoms. The molecule has 3 rings (SSSR count). The Kier molecular flexibility index (Phi) is 4.06. The average molecular weight is 273 g/mol. The van der Waals surface area contributed by atoms with E-state index in [1.807, 2.05) is 24.3 Å². The van der Waals surface area contributed by atoms with E-state index in [1.54, 1.807) is 0 Å². The molecule has 0 saturated heterocycles. The van der Waals surface area contributed by atoms with Crippen molar-refractivity contribution >= 4 is 5.78 Å². The predicted octanol–water partition coefficient (Wildman–Crippen LogP) is 3.18. The Labute approximate surface area is 120 Å². The number of hydrogen-bond acceptors (Lipinski definition) is 3. The van der Waals surface area contributed by atoms with Crippen LogP contribution < -0.4 is 10.5 Å². The highest BCUT2D eigenvalue weighted by Gasteiger charge is 2.27. The van der Waals surface area contributed by atoms with E-state index >= 15 is 0 Å². The molecule has 0 atom stereocenters. The molecular weight excluding hydrogens is 250 g/mol. The third-order valence-electron chi connectivity index (χ3n) is 4.50. The van der Waals surface area contributed by atoms with Gasteiger partial charge in [0.25, 0.3) is 0 Å². The van der Waals surface area contributed by atoms with Crippen molar-refractivity contribution in [2.45, 2.75) is 44.6 Å². The Balaban J connectivity index is 1.64. The molecular formula is C17H23NO2. The van der Waals surface area contributed by atoms with E-state index in [4.69, 9.17) is 10.5 Å². The van der Waals surface area contributed by atoms with Crippen LogP contribution in [0, 0.1) is 11.8 Å². The monoisotopic (exact) mass is 273 g/mol. The lowest BCUT2D eigenvalue weighted by Crippen LogP contribution is -2.25. The fourth-order valence-electron chi connectivity index (χ4n) is 3.00. The highest BCUT2D eigenvalue weighted by atomic mass is 16.5. The predicted molar refractivity (Wildman–Crippen MR) is 78.9 cm³/mol. The summed E-state index contributed by atoms with van der Waals surface area (Å²) in [5.41, 5.74) is 6.51. The van der Waals surface area contributed by atoms with E-state index in [1.165, 1.54) is 0 Å². The lowest BCUT2D eigenvalue weighted by molar-refractivity contribution is 0.0873. The van der Waals surface area contributed by atoms with E-state index in [9.17, 15) is 4.79 Å². The first-order chi connectivity index (χ1) is 9.76. The van der Waals surface area contributed by atoms with Crippen LogP contribution >= 0.6 is 0 Å². The van der Waals surface area contributed by atoms with Crippen molar-refractivity contribution in [3.05, 3.63) is 29.8 Å². The molecule has 2 aliphatic carbocycles. The Morgan fingerprint density at radius 1 is 1.15 bits per heavy atom. The van der Waals surface area contributed by atoms with Crippen LogP contribution in [0.15, 0.2) is 24.3 Å². The fourth-order valence-corrected chi connectivity index (χ4v) is 3.00. The third kappa shape index (κ3) is 3.21. The zero-order valence-corrected chi connectivity index (χ0v) is 11.9. The number of ether oxygens (including phenoxy) is 1. The Morgan fingerprint density at radius 2 is 1.90 bits per heavy atom. The summed E-state index contributed by atoms with van der Waals surface area (Å²) in [4.78, 5) is 12.6. The topological polar surface area (TPSA) is 52.3 Å². The van der Waals surface area contributed by atoms with Crippen LogP contribution in [0.3, 0.4) is 0 Å². The molecule has 0 unspecified atom stereocenters. The van der Waals surface area contributed by atoms with Gasteiger partial charge in [-0.05, 0) is 63.1 Å². The summed E-state index contributed by atoms with van der Waals surface area (Å²) in [6.45, 7) is 0.756. The minimum atomic E-state index is 0.175. The minimum absolute atomic E-state index is 0.175. The summed E-state index contributed by atoms with van der Waals surface area (Å²) >= 11 is 0.